The summed E-state index contributed by atoms with van der Waals surface area (Å²) in [5, 5.41) is 3.02. The van der Waals surface area contributed by atoms with Crippen molar-refractivity contribution in [1.29, 1.82) is 0 Å². The lowest BCUT2D eigenvalue weighted by Gasteiger charge is -2.27. The summed E-state index contributed by atoms with van der Waals surface area (Å²) in [7, 11) is 2.03. The highest BCUT2D eigenvalue weighted by atomic mass is 16.2. The molecule has 1 aliphatic carbocycles. The van der Waals surface area contributed by atoms with Crippen LogP contribution < -0.4 is 10.2 Å². The molecular weight excluding hydrogens is 290 g/mol. The number of hydrogen-bond acceptors (Lipinski definition) is 3. The second-order valence-corrected chi connectivity index (χ2v) is 6.72. The van der Waals surface area contributed by atoms with E-state index in [9.17, 15) is 9.59 Å². The molecule has 2 amide bonds. The molecule has 1 N–H and O–H groups in total. The molecule has 1 aliphatic heterocycles. The Kier molecular flexibility index (Phi) is 4.55. The molecule has 0 bridgehead atoms. The van der Waals surface area contributed by atoms with Gasteiger partial charge in [-0.1, -0.05) is 18.2 Å². The summed E-state index contributed by atoms with van der Waals surface area (Å²) in [4.78, 5) is 28.3. The second kappa shape index (κ2) is 6.60. The first-order valence-corrected chi connectivity index (χ1v) is 8.41. The van der Waals surface area contributed by atoms with Gasteiger partial charge >= 0.3 is 0 Å². The van der Waals surface area contributed by atoms with Crippen LogP contribution in [0.15, 0.2) is 30.3 Å². The van der Waals surface area contributed by atoms with Crippen molar-refractivity contribution in [3.8, 4) is 0 Å². The van der Waals surface area contributed by atoms with Crippen molar-refractivity contribution in [3.63, 3.8) is 0 Å². The SMILES string of the molecule is CC(CNC(=O)C1CC(=O)N(C2CC2)C1)N(C)c1ccccc1. The fraction of sp³-hybridized carbons (Fsp3) is 0.556. The van der Waals surface area contributed by atoms with Crippen LogP contribution in [0.5, 0.6) is 0 Å². The lowest BCUT2D eigenvalue weighted by Crippen LogP contribution is -2.42. The molecule has 2 atom stereocenters. The number of benzene rings is 1. The molecule has 2 fully saturated rings. The second-order valence-electron chi connectivity index (χ2n) is 6.72. The fourth-order valence-corrected chi connectivity index (χ4v) is 3.09. The van der Waals surface area contributed by atoms with Crippen molar-refractivity contribution in [3.05, 3.63) is 30.3 Å². The molecule has 2 unspecified atom stereocenters. The Balaban J connectivity index is 1.48. The van der Waals surface area contributed by atoms with Crippen molar-refractivity contribution < 1.29 is 9.59 Å². The Bertz CT molecular complexity index is 571. The van der Waals surface area contributed by atoms with E-state index in [1.54, 1.807) is 0 Å². The average molecular weight is 315 g/mol. The van der Waals surface area contributed by atoms with E-state index >= 15 is 0 Å². The quantitative estimate of drug-likeness (QED) is 0.868. The van der Waals surface area contributed by atoms with Crippen LogP contribution >= 0.6 is 0 Å². The minimum absolute atomic E-state index is 0.00908. The van der Waals surface area contributed by atoms with Gasteiger partial charge in [-0.15, -0.1) is 0 Å². The van der Waals surface area contributed by atoms with Gasteiger partial charge in [0.05, 0.1) is 5.92 Å². The third-order valence-electron chi connectivity index (χ3n) is 4.91. The van der Waals surface area contributed by atoms with Crippen LogP contribution in [0.1, 0.15) is 26.2 Å². The van der Waals surface area contributed by atoms with Crippen LogP contribution in [0.4, 0.5) is 5.69 Å². The van der Waals surface area contributed by atoms with E-state index in [1.807, 2.05) is 30.1 Å². The number of carbonyl (C=O) groups excluding carboxylic acids is 2. The number of nitrogens with one attached hydrogen (secondary N) is 1. The standard InChI is InChI=1S/C18H25N3O2/c1-13(20(2)15-6-4-3-5-7-15)11-19-18(23)14-10-17(22)21(12-14)16-8-9-16/h3-7,13-14,16H,8-12H2,1-2H3,(H,19,23). The number of rotatable bonds is 6. The predicted octanol–water partition coefficient (Wildman–Crippen LogP) is 1.64. The van der Waals surface area contributed by atoms with Crippen LogP contribution in [0, 0.1) is 5.92 Å². The number of likely N-dealkylation sites (N-methyl/N-ethyl adjacent to an activating group) is 1. The number of amides is 2. The summed E-state index contributed by atoms with van der Waals surface area (Å²) in [5.41, 5.74) is 1.13. The molecule has 5 heteroatoms. The van der Waals surface area contributed by atoms with Crippen molar-refractivity contribution in [2.24, 2.45) is 5.92 Å². The van der Waals surface area contributed by atoms with Crippen LogP contribution in [0.25, 0.3) is 0 Å². The van der Waals surface area contributed by atoms with E-state index in [0.29, 0.717) is 25.6 Å². The Labute approximate surface area is 137 Å². The van der Waals surface area contributed by atoms with Gasteiger partial charge in [0.25, 0.3) is 0 Å². The number of para-hydroxylation sites is 1. The minimum Gasteiger partial charge on any atom is -0.370 e. The van der Waals surface area contributed by atoms with Crippen molar-refractivity contribution in [1.82, 2.24) is 10.2 Å². The van der Waals surface area contributed by atoms with Crippen molar-refractivity contribution in [2.45, 2.75) is 38.3 Å². The molecule has 1 saturated heterocycles. The van der Waals surface area contributed by atoms with E-state index in [0.717, 1.165) is 18.5 Å². The summed E-state index contributed by atoms with van der Waals surface area (Å²) in [5.74, 6) is -0.0331. The lowest BCUT2D eigenvalue weighted by atomic mass is 10.1. The lowest BCUT2D eigenvalue weighted by molar-refractivity contribution is -0.129. The van der Waals surface area contributed by atoms with Gasteiger partial charge in [-0.25, -0.2) is 0 Å². The maximum absolute atomic E-state index is 12.3. The summed E-state index contributed by atoms with van der Waals surface area (Å²) < 4.78 is 0. The van der Waals surface area contributed by atoms with Crippen LogP contribution in [0.3, 0.4) is 0 Å². The number of likely N-dealkylation sites (tertiary alicyclic amines) is 1. The highest BCUT2D eigenvalue weighted by Gasteiger charge is 2.41. The highest BCUT2D eigenvalue weighted by molar-refractivity contribution is 5.89. The topological polar surface area (TPSA) is 52.7 Å². The molecule has 0 spiro atoms. The van der Waals surface area contributed by atoms with E-state index < -0.39 is 0 Å². The molecule has 1 heterocycles. The molecule has 124 valence electrons. The molecular formula is C18H25N3O2. The molecule has 3 rings (SSSR count). The first kappa shape index (κ1) is 15.8. The zero-order chi connectivity index (χ0) is 16.4. The number of nitrogens with zero attached hydrogens (tertiary/aromatic N) is 2. The largest absolute Gasteiger partial charge is 0.370 e. The molecule has 1 aromatic carbocycles. The first-order chi connectivity index (χ1) is 11.1. The van der Waals surface area contributed by atoms with Crippen molar-refractivity contribution in [2.75, 3.05) is 25.0 Å². The van der Waals surface area contributed by atoms with Gasteiger partial charge in [-0.3, -0.25) is 9.59 Å². The predicted molar refractivity (Wildman–Crippen MR) is 90.2 cm³/mol. The fourth-order valence-electron chi connectivity index (χ4n) is 3.09. The molecule has 0 radical (unpaired) electrons. The summed E-state index contributed by atoms with van der Waals surface area (Å²) in [6.45, 7) is 3.26. The van der Waals surface area contributed by atoms with E-state index in [1.165, 1.54) is 0 Å². The number of anilines is 1. The van der Waals surface area contributed by atoms with Gasteiger partial charge in [-0.2, -0.15) is 0 Å². The average Bonchev–Trinajstić information content (AvgIpc) is 3.34. The van der Waals surface area contributed by atoms with E-state index in [-0.39, 0.29) is 23.8 Å². The normalized spacial score (nSPS) is 22.1. The molecule has 1 aromatic rings. The van der Waals surface area contributed by atoms with E-state index in [4.69, 9.17) is 0 Å². The van der Waals surface area contributed by atoms with Crippen molar-refractivity contribution >= 4 is 17.5 Å². The van der Waals surface area contributed by atoms with Gasteiger partial charge in [-0.05, 0) is 31.9 Å². The molecule has 5 nitrogen and oxygen atoms in total. The molecule has 2 aliphatic rings. The third kappa shape index (κ3) is 3.66. The Hall–Kier alpha value is -2.04. The zero-order valence-corrected chi connectivity index (χ0v) is 13.9. The number of carbonyl (C=O) groups is 2. The Morgan fingerprint density at radius 1 is 1.35 bits per heavy atom. The van der Waals surface area contributed by atoms with Gasteiger partial charge in [0.2, 0.25) is 11.8 Å². The van der Waals surface area contributed by atoms with Gasteiger partial charge < -0.3 is 15.1 Å². The monoisotopic (exact) mass is 315 g/mol. The summed E-state index contributed by atoms with van der Waals surface area (Å²) >= 11 is 0. The highest BCUT2D eigenvalue weighted by Crippen LogP contribution is 2.32. The maximum Gasteiger partial charge on any atom is 0.225 e. The van der Waals surface area contributed by atoms with Gasteiger partial charge in [0, 0.05) is 44.3 Å². The summed E-state index contributed by atoms with van der Waals surface area (Å²) in [6.07, 6.45) is 2.56. The van der Waals surface area contributed by atoms with Gasteiger partial charge in [0.15, 0.2) is 0 Å². The van der Waals surface area contributed by atoms with Crippen LogP contribution in [0.2, 0.25) is 0 Å². The van der Waals surface area contributed by atoms with Crippen LogP contribution in [-0.2, 0) is 9.59 Å². The number of hydrogen-bond donors (Lipinski definition) is 1. The molecule has 23 heavy (non-hydrogen) atoms. The Morgan fingerprint density at radius 3 is 2.70 bits per heavy atom. The zero-order valence-electron chi connectivity index (χ0n) is 13.9. The molecule has 1 saturated carbocycles. The minimum atomic E-state index is -0.183. The smallest absolute Gasteiger partial charge is 0.225 e. The van der Waals surface area contributed by atoms with E-state index in [2.05, 4.69) is 29.3 Å². The Morgan fingerprint density at radius 2 is 2.04 bits per heavy atom. The first-order valence-electron chi connectivity index (χ1n) is 8.41. The summed E-state index contributed by atoms with van der Waals surface area (Å²) in [6, 6.07) is 10.7. The maximum atomic E-state index is 12.3. The molecule has 0 aromatic heterocycles. The third-order valence-corrected chi connectivity index (χ3v) is 4.91. The van der Waals surface area contributed by atoms with Crippen LogP contribution in [-0.4, -0.2) is 48.9 Å². The van der Waals surface area contributed by atoms with Gasteiger partial charge in [0.1, 0.15) is 0 Å².